The molecule has 1 heterocycles. The maximum absolute atomic E-state index is 12.4. The van der Waals surface area contributed by atoms with Gasteiger partial charge in [0, 0.05) is 6.04 Å². The molecular weight excluding hydrogens is 242 g/mol. The van der Waals surface area contributed by atoms with Crippen molar-refractivity contribution in [1.29, 1.82) is 0 Å². The third-order valence-electron chi connectivity index (χ3n) is 3.55. The van der Waals surface area contributed by atoms with Crippen LogP contribution in [0, 0.1) is 5.92 Å². The van der Waals surface area contributed by atoms with Gasteiger partial charge in [0.05, 0.1) is 12.1 Å². The Hall–Kier alpha value is -1.03. The van der Waals surface area contributed by atoms with Crippen molar-refractivity contribution in [3.63, 3.8) is 0 Å². The molecule has 1 rings (SSSR count). The molecule has 4 atom stereocenters. The van der Waals surface area contributed by atoms with Crippen molar-refractivity contribution in [3.05, 3.63) is 12.7 Å². The number of aliphatic hydroxyl groups is 1. The maximum atomic E-state index is 12.4. The lowest BCUT2D eigenvalue weighted by Crippen LogP contribution is -2.48. The first kappa shape index (κ1) is 16.0. The van der Waals surface area contributed by atoms with Gasteiger partial charge in [0.1, 0.15) is 5.60 Å². The molecule has 0 aromatic carbocycles. The Balaban J connectivity index is 2.93. The quantitative estimate of drug-likeness (QED) is 0.801. The van der Waals surface area contributed by atoms with Crippen LogP contribution in [0.3, 0.4) is 0 Å². The van der Waals surface area contributed by atoms with E-state index in [1.54, 1.807) is 11.8 Å². The summed E-state index contributed by atoms with van der Waals surface area (Å²) in [5.74, 6) is 0.338. The number of hydrogen-bond acceptors (Lipinski definition) is 3. The Bertz CT molecular complexity index is 333. The summed E-state index contributed by atoms with van der Waals surface area (Å²) < 4.78 is 5.47. The summed E-state index contributed by atoms with van der Waals surface area (Å²) in [7, 11) is 0. The standard InChI is InChI=1S/C15H27NO3/c1-7-8-12-10(2)9-13(11(3)17)16(12)14(18)19-15(4,5)6/h7,10-13,17H,1,8-9H2,2-6H3/t10-,11+,12?,13?/m0/s1. The van der Waals surface area contributed by atoms with Crippen molar-refractivity contribution in [3.8, 4) is 0 Å². The Morgan fingerprint density at radius 1 is 1.58 bits per heavy atom. The molecule has 0 aromatic heterocycles. The topological polar surface area (TPSA) is 49.8 Å². The van der Waals surface area contributed by atoms with Gasteiger partial charge in [-0.1, -0.05) is 13.0 Å². The second-order valence-electron chi connectivity index (χ2n) is 6.50. The van der Waals surface area contributed by atoms with Crippen LogP contribution in [0.2, 0.25) is 0 Å². The average molecular weight is 269 g/mol. The summed E-state index contributed by atoms with van der Waals surface area (Å²) in [6.07, 6.45) is 2.46. The number of carbonyl (C=O) groups excluding carboxylic acids is 1. The number of hydrogen-bond donors (Lipinski definition) is 1. The lowest BCUT2D eigenvalue weighted by molar-refractivity contribution is -0.00189. The summed E-state index contributed by atoms with van der Waals surface area (Å²) in [6.45, 7) is 13.1. The van der Waals surface area contributed by atoms with Crippen LogP contribution in [0.5, 0.6) is 0 Å². The predicted molar refractivity (Wildman–Crippen MR) is 75.9 cm³/mol. The molecule has 0 spiro atoms. The van der Waals surface area contributed by atoms with Crippen LogP contribution in [-0.2, 0) is 4.74 Å². The minimum atomic E-state index is -0.551. The normalized spacial score (nSPS) is 29.2. The van der Waals surface area contributed by atoms with E-state index in [2.05, 4.69) is 13.5 Å². The molecule has 1 saturated heterocycles. The molecule has 4 nitrogen and oxygen atoms in total. The SMILES string of the molecule is C=CCC1[C@@H](C)CC([C@@H](C)O)N1C(=O)OC(C)(C)C. The van der Waals surface area contributed by atoms with E-state index >= 15 is 0 Å². The van der Waals surface area contributed by atoms with E-state index in [1.165, 1.54) is 0 Å². The van der Waals surface area contributed by atoms with E-state index in [9.17, 15) is 9.90 Å². The van der Waals surface area contributed by atoms with E-state index in [0.717, 1.165) is 12.8 Å². The van der Waals surface area contributed by atoms with Crippen molar-refractivity contribution in [2.75, 3.05) is 0 Å². The monoisotopic (exact) mass is 269 g/mol. The molecule has 0 radical (unpaired) electrons. The summed E-state index contributed by atoms with van der Waals surface area (Å²) >= 11 is 0. The molecule has 19 heavy (non-hydrogen) atoms. The van der Waals surface area contributed by atoms with Gasteiger partial charge in [-0.25, -0.2) is 4.79 Å². The van der Waals surface area contributed by atoms with Crippen molar-refractivity contribution >= 4 is 6.09 Å². The molecule has 1 aliphatic heterocycles. The second-order valence-corrected chi connectivity index (χ2v) is 6.50. The Kier molecular flexibility index (Phi) is 5.02. The van der Waals surface area contributed by atoms with Gasteiger partial charge in [0.25, 0.3) is 0 Å². The average Bonchev–Trinajstić information content (AvgIpc) is 2.55. The van der Waals surface area contributed by atoms with Gasteiger partial charge in [-0.05, 0) is 46.5 Å². The fourth-order valence-electron chi connectivity index (χ4n) is 2.70. The van der Waals surface area contributed by atoms with Crippen molar-refractivity contribution in [2.45, 2.75) is 71.2 Å². The first-order valence-electron chi connectivity index (χ1n) is 6.97. The van der Waals surface area contributed by atoms with Crippen molar-refractivity contribution in [2.24, 2.45) is 5.92 Å². The van der Waals surface area contributed by atoms with Crippen molar-refractivity contribution < 1.29 is 14.6 Å². The molecule has 0 aliphatic carbocycles. The fourth-order valence-corrected chi connectivity index (χ4v) is 2.70. The Morgan fingerprint density at radius 2 is 2.16 bits per heavy atom. The zero-order valence-electron chi connectivity index (χ0n) is 12.7. The summed E-state index contributed by atoms with van der Waals surface area (Å²) in [5, 5.41) is 9.90. The number of aliphatic hydroxyl groups excluding tert-OH is 1. The van der Waals surface area contributed by atoms with Gasteiger partial charge in [-0.3, -0.25) is 4.90 Å². The molecule has 110 valence electrons. The number of likely N-dealkylation sites (tertiary alicyclic amines) is 1. The molecule has 1 aliphatic rings. The summed E-state index contributed by atoms with van der Waals surface area (Å²) in [6, 6.07) is -0.109. The highest BCUT2D eigenvalue weighted by Gasteiger charge is 2.44. The van der Waals surface area contributed by atoms with Crippen LogP contribution in [0.1, 0.15) is 47.5 Å². The van der Waals surface area contributed by atoms with Crippen LogP contribution in [-0.4, -0.2) is 39.9 Å². The minimum absolute atomic E-state index is 0.0620. The van der Waals surface area contributed by atoms with E-state index in [1.807, 2.05) is 26.8 Å². The number of rotatable bonds is 3. The predicted octanol–water partition coefficient (Wildman–Crippen LogP) is 2.96. The number of ether oxygens (including phenoxy) is 1. The van der Waals surface area contributed by atoms with E-state index in [4.69, 9.17) is 4.74 Å². The van der Waals surface area contributed by atoms with E-state index in [0.29, 0.717) is 5.92 Å². The lowest BCUT2D eigenvalue weighted by Gasteiger charge is -2.34. The fraction of sp³-hybridized carbons (Fsp3) is 0.800. The summed E-state index contributed by atoms with van der Waals surface area (Å²) in [5.41, 5.74) is -0.523. The molecule has 0 bridgehead atoms. The third kappa shape index (κ3) is 3.96. The summed E-state index contributed by atoms with van der Waals surface area (Å²) in [4.78, 5) is 14.1. The largest absolute Gasteiger partial charge is 0.444 e. The molecule has 2 unspecified atom stereocenters. The van der Waals surface area contributed by atoms with Gasteiger partial charge in [0.2, 0.25) is 0 Å². The molecule has 1 amide bonds. The van der Waals surface area contributed by atoms with Crippen LogP contribution in [0.25, 0.3) is 0 Å². The highest BCUT2D eigenvalue weighted by atomic mass is 16.6. The van der Waals surface area contributed by atoms with E-state index in [-0.39, 0.29) is 18.2 Å². The number of amides is 1. The highest BCUT2D eigenvalue weighted by molar-refractivity contribution is 5.69. The van der Waals surface area contributed by atoms with Crippen LogP contribution in [0.4, 0.5) is 4.79 Å². The highest BCUT2D eigenvalue weighted by Crippen LogP contribution is 2.34. The van der Waals surface area contributed by atoms with Crippen LogP contribution >= 0.6 is 0 Å². The smallest absolute Gasteiger partial charge is 0.410 e. The number of nitrogens with zero attached hydrogens (tertiary/aromatic N) is 1. The van der Waals surface area contributed by atoms with Crippen LogP contribution < -0.4 is 0 Å². The van der Waals surface area contributed by atoms with Crippen LogP contribution in [0.15, 0.2) is 12.7 Å². The first-order chi connectivity index (χ1) is 8.67. The zero-order valence-corrected chi connectivity index (χ0v) is 12.7. The molecular formula is C15H27NO3. The molecule has 1 N–H and O–H groups in total. The van der Waals surface area contributed by atoms with Crippen molar-refractivity contribution in [1.82, 2.24) is 4.90 Å². The first-order valence-corrected chi connectivity index (χ1v) is 6.97. The Morgan fingerprint density at radius 3 is 2.58 bits per heavy atom. The van der Waals surface area contributed by atoms with Gasteiger partial charge < -0.3 is 9.84 Å². The molecule has 4 heteroatoms. The van der Waals surface area contributed by atoms with Gasteiger partial charge in [0.15, 0.2) is 0 Å². The van der Waals surface area contributed by atoms with E-state index < -0.39 is 11.7 Å². The third-order valence-corrected chi connectivity index (χ3v) is 3.55. The minimum Gasteiger partial charge on any atom is -0.444 e. The molecule has 0 saturated carbocycles. The lowest BCUT2D eigenvalue weighted by atomic mass is 9.98. The van der Waals surface area contributed by atoms with Gasteiger partial charge in [-0.2, -0.15) is 0 Å². The molecule has 0 aromatic rings. The van der Waals surface area contributed by atoms with Gasteiger partial charge >= 0.3 is 6.09 Å². The zero-order chi connectivity index (χ0) is 14.8. The number of carbonyl (C=O) groups is 1. The second kappa shape index (κ2) is 5.95. The Labute approximate surface area is 116 Å². The molecule has 1 fully saturated rings. The van der Waals surface area contributed by atoms with Gasteiger partial charge in [-0.15, -0.1) is 6.58 Å². The maximum Gasteiger partial charge on any atom is 0.410 e.